The SMILES string of the molecule is O=[N+]([O-])c1ccc(F)cc1CNC(CO)c1ccccc1. The average Bonchev–Trinajstić information content (AvgIpc) is 2.48. The Labute approximate surface area is 121 Å². The van der Waals surface area contributed by atoms with Crippen LogP contribution in [0.25, 0.3) is 0 Å². The van der Waals surface area contributed by atoms with E-state index >= 15 is 0 Å². The van der Waals surface area contributed by atoms with Crippen molar-refractivity contribution in [1.82, 2.24) is 5.32 Å². The monoisotopic (exact) mass is 290 g/mol. The van der Waals surface area contributed by atoms with E-state index < -0.39 is 10.7 Å². The van der Waals surface area contributed by atoms with Gasteiger partial charge in [-0.15, -0.1) is 0 Å². The van der Waals surface area contributed by atoms with Gasteiger partial charge in [-0.05, 0) is 17.7 Å². The minimum Gasteiger partial charge on any atom is -0.394 e. The van der Waals surface area contributed by atoms with Crippen LogP contribution in [0.15, 0.2) is 48.5 Å². The predicted molar refractivity (Wildman–Crippen MR) is 76.2 cm³/mol. The summed E-state index contributed by atoms with van der Waals surface area (Å²) in [6.07, 6.45) is 0. The fourth-order valence-electron chi connectivity index (χ4n) is 2.08. The van der Waals surface area contributed by atoms with Crippen LogP contribution in [0.2, 0.25) is 0 Å². The molecule has 0 radical (unpaired) electrons. The molecule has 21 heavy (non-hydrogen) atoms. The van der Waals surface area contributed by atoms with Crippen molar-refractivity contribution in [1.29, 1.82) is 0 Å². The highest BCUT2D eigenvalue weighted by Crippen LogP contribution is 2.21. The quantitative estimate of drug-likeness (QED) is 0.633. The molecule has 0 saturated heterocycles. The normalized spacial score (nSPS) is 12.1. The lowest BCUT2D eigenvalue weighted by Gasteiger charge is -2.16. The first-order valence-electron chi connectivity index (χ1n) is 6.44. The van der Waals surface area contributed by atoms with Crippen LogP contribution in [-0.4, -0.2) is 16.6 Å². The number of aliphatic hydroxyl groups excluding tert-OH is 1. The van der Waals surface area contributed by atoms with Crippen LogP contribution < -0.4 is 5.32 Å². The summed E-state index contributed by atoms with van der Waals surface area (Å²) in [6, 6.07) is 12.2. The molecule has 0 fully saturated rings. The lowest BCUT2D eigenvalue weighted by molar-refractivity contribution is -0.385. The molecule has 0 aromatic heterocycles. The van der Waals surface area contributed by atoms with Crippen LogP contribution in [0, 0.1) is 15.9 Å². The van der Waals surface area contributed by atoms with Gasteiger partial charge < -0.3 is 10.4 Å². The molecule has 2 aromatic carbocycles. The second-order valence-electron chi connectivity index (χ2n) is 4.56. The minimum absolute atomic E-state index is 0.0915. The van der Waals surface area contributed by atoms with Crippen molar-refractivity contribution < 1.29 is 14.4 Å². The Balaban J connectivity index is 2.15. The van der Waals surface area contributed by atoms with Crippen molar-refractivity contribution in [3.05, 3.63) is 75.6 Å². The van der Waals surface area contributed by atoms with Gasteiger partial charge in [0.05, 0.1) is 17.6 Å². The Morgan fingerprint density at radius 1 is 1.24 bits per heavy atom. The maximum Gasteiger partial charge on any atom is 0.274 e. The summed E-state index contributed by atoms with van der Waals surface area (Å²) in [5, 5.41) is 23.3. The molecule has 2 rings (SSSR count). The number of hydrogen-bond acceptors (Lipinski definition) is 4. The Kier molecular flexibility index (Phi) is 4.97. The maximum absolute atomic E-state index is 13.2. The smallest absolute Gasteiger partial charge is 0.274 e. The van der Waals surface area contributed by atoms with Crippen LogP contribution in [0.5, 0.6) is 0 Å². The van der Waals surface area contributed by atoms with Gasteiger partial charge in [-0.2, -0.15) is 0 Å². The Bertz CT molecular complexity index is 620. The standard InChI is InChI=1S/C15H15FN2O3/c16-13-6-7-15(18(20)21)12(8-13)9-17-14(10-19)11-4-2-1-3-5-11/h1-8,14,17,19H,9-10H2. The average molecular weight is 290 g/mol. The third-order valence-corrected chi connectivity index (χ3v) is 3.16. The number of halogens is 1. The van der Waals surface area contributed by atoms with E-state index in [1.807, 2.05) is 30.3 Å². The fraction of sp³-hybridized carbons (Fsp3) is 0.200. The van der Waals surface area contributed by atoms with Crippen LogP contribution >= 0.6 is 0 Å². The van der Waals surface area contributed by atoms with Gasteiger partial charge in [0, 0.05) is 18.2 Å². The number of hydrogen-bond donors (Lipinski definition) is 2. The van der Waals surface area contributed by atoms with Gasteiger partial charge >= 0.3 is 0 Å². The molecule has 0 aliphatic heterocycles. The number of aliphatic hydroxyl groups is 1. The van der Waals surface area contributed by atoms with Gasteiger partial charge in [-0.25, -0.2) is 4.39 Å². The number of nitrogens with one attached hydrogen (secondary N) is 1. The third kappa shape index (κ3) is 3.84. The zero-order chi connectivity index (χ0) is 15.2. The molecular weight excluding hydrogens is 275 g/mol. The molecule has 1 unspecified atom stereocenters. The van der Waals surface area contributed by atoms with Gasteiger partial charge in [0.25, 0.3) is 5.69 Å². The molecule has 0 aliphatic rings. The van der Waals surface area contributed by atoms with E-state index in [4.69, 9.17) is 0 Å². The first-order chi connectivity index (χ1) is 10.1. The topological polar surface area (TPSA) is 75.4 Å². The molecule has 0 heterocycles. The van der Waals surface area contributed by atoms with Crippen LogP contribution in [0.1, 0.15) is 17.2 Å². The van der Waals surface area contributed by atoms with Crippen molar-refractivity contribution in [3.63, 3.8) is 0 Å². The van der Waals surface area contributed by atoms with Crippen molar-refractivity contribution in [2.45, 2.75) is 12.6 Å². The highest BCUT2D eigenvalue weighted by atomic mass is 19.1. The predicted octanol–water partition coefficient (Wildman–Crippen LogP) is 2.56. The van der Waals surface area contributed by atoms with E-state index in [1.165, 1.54) is 0 Å². The van der Waals surface area contributed by atoms with E-state index in [0.717, 1.165) is 23.8 Å². The molecule has 0 aliphatic carbocycles. The summed E-state index contributed by atoms with van der Waals surface area (Å²) < 4.78 is 13.2. The summed E-state index contributed by atoms with van der Waals surface area (Å²) in [5.41, 5.74) is 0.960. The lowest BCUT2D eigenvalue weighted by Crippen LogP contribution is -2.24. The first kappa shape index (κ1) is 15.1. The Morgan fingerprint density at radius 3 is 2.57 bits per heavy atom. The van der Waals surface area contributed by atoms with Crippen LogP contribution in [0.4, 0.5) is 10.1 Å². The summed E-state index contributed by atoms with van der Waals surface area (Å²) in [5.74, 6) is -0.530. The molecule has 2 aromatic rings. The largest absolute Gasteiger partial charge is 0.394 e. The molecule has 110 valence electrons. The summed E-state index contributed by atoms with van der Waals surface area (Å²) >= 11 is 0. The van der Waals surface area contributed by atoms with Gasteiger partial charge in [0.2, 0.25) is 0 Å². The first-order valence-corrected chi connectivity index (χ1v) is 6.44. The van der Waals surface area contributed by atoms with E-state index in [0.29, 0.717) is 0 Å². The van der Waals surface area contributed by atoms with E-state index in [1.54, 1.807) is 0 Å². The van der Waals surface area contributed by atoms with Gasteiger partial charge in [-0.3, -0.25) is 10.1 Å². The molecule has 0 amide bonds. The highest BCUT2D eigenvalue weighted by Gasteiger charge is 2.16. The molecular formula is C15H15FN2O3. The number of benzene rings is 2. The van der Waals surface area contributed by atoms with Crippen molar-refractivity contribution >= 4 is 5.69 Å². The lowest BCUT2D eigenvalue weighted by atomic mass is 10.1. The molecule has 6 heteroatoms. The van der Waals surface area contributed by atoms with E-state index in [2.05, 4.69) is 5.32 Å². The summed E-state index contributed by atoms with van der Waals surface area (Å²) in [7, 11) is 0. The molecule has 2 N–H and O–H groups in total. The van der Waals surface area contributed by atoms with Crippen molar-refractivity contribution in [2.24, 2.45) is 0 Å². The summed E-state index contributed by atoms with van der Waals surface area (Å²) in [4.78, 5) is 10.4. The number of nitrogens with zero attached hydrogens (tertiary/aromatic N) is 1. The van der Waals surface area contributed by atoms with Crippen LogP contribution in [-0.2, 0) is 6.54 Å². The van der Waals surface area contributed by atoms with Gasteiger partial charge in [-0.1, -0.05) is 30.3 Å². The molecule has 5 nitrogen and oxygen atoms in total. The molecule has 1 atom stereocenters. The second kappa shape index (κ2) is 6.92. The van der Waals surface area contributed by atoms with Gasteiger partial charge in [0.1, 0.15) is 5.82 Å². The molecule has 0 bridgehead atoms. The second-order valence-corrected chi connectivity index (χ2v) is 4.56. The van der Waals surface area contributed by atoms with E-state index in [-0.39, 0.29) is 30.4 Å². The zero-order valence-electron chi connectivity index (χ0n) is 11.2. The zero-order valence-corrected chi connectivity index (χ0v) is 11.2. The van der Waals surface area contributed by atoms with E-state index in [9.17, 15) is 19.6 Å². The van der Waals surface area contributed by atoms with Gasteiger partial charge in [0.15, 0.2) is 0 Å². The minimum atomic E-state index is -0.549. The fourth-order valence-corrected chi connectivity index (χ4v) is 2.08. The molecule has 0 spiro atoms. The number of nitro benzene ring substituents is 1. The third-order valence-electron chi connectivity index (χ3n) is 3.16. The van der Waals surface area contributed by atoms with Crippen LogP contribution in [0.3, 0.4) is 0 Å². The Morgan fingerprint density at radius 2 is 1.95 bits per heavy atom. The van der Waals surface area contributed by atoms with Crippen molar-refractivity contribution in [2.75, 3.05) is 6.61 Å². The Hall–Kier alpha value is -2.31. The number of rotatable bonds is 6. The highest BCUT2D eigenvalue weighted by molar-refractivity contribution is 5.40. The maximum atomic E-state index is 13.2. The number of nitro groups is 1. The summed E-state index contributed by atoms with van der Waals surface area (Å²) in [6.45, 7) is -0.0681. The van der Waals surface area contributed by atoms with Crippen molar-refractivity contribution in [3.8, 4) is 0 Å². The molecule has 0 saturated carbocycles.